The van der Waals surface area contributed by atoms with Gasteiger partial charge in [0.05, 0.1) is 11.4 Å². The summed E-state index contributed by atoms with van der Waals surface area (Å²) in [6, 6.07) is 0. The zero-order valence-corrected chi connectivity index (χ0v) is 14.6. The Kier molecular flexibility index (Phi) is 5.79. The van der Waals surface area contributed by atoms with Gasteiger partial charge in [-0.25, -0.2) is 4.68 Å². The predicted molar refractivity (Wildman–Crippen MR) is 86.0 cm³/mol. The van der Waals surface area contributed by atoms with Gasteiger partial charge in [-0.3, -0.25) is 0 Å². The highest BCUT2D eigenvalue weighted by atomic mass is 15.4. The first-order valence-electron chi connectivity index (χ1n) is 8.08. The quantitative estimate of drug-likeness (QED) is 0.704. The lowest BCUT2D eigenvalue weighted by atomic mass is 9.84. The summed E-state index contributed by atoms with van der Waals surface area (Å²) in [5, 5.41) is 8.91. The Morgan fingerprint density at radius 2 is 1.60 bits per heavy atom. The second-order valence-electron chi connectivity index (χ2n) is 8.16. The minimum absolute atomic E-state index is 0.106. The van der Waals surface area contributed by atoms with E-state index < -0.39 is 0 Å². The predicted octanol–water partition coefficient (Wildman–Crippen LogP) is 4.74. The summed E-state index contributed by atoms with van der Waals surface area (Å²) in [5.74, 6) is 0. The molecule has 1 aromatic heterocycles. The maximum atomic E-state index is 4.48. The number of nitrogens with zero attached hydrogens (tertiary/aromatic N) is 3. The zero-order chi connectivity index (χ0) is 15.4. The molecule has 20 heavy (non-hydrogen) atoms. The molecule has 0 unspecified atom stereocenters. The molecule has 0 radical (unpaired) electrons. The second-order valence-corrected chi connectivity index (χ2v) is 8.16. The summed E-state index contributed by atoms with van der Waals surface area (Å²) >= 11 is 0. The van der Waals surface area contributed by atoms with Gasteiger partial charge < -0.3 is 0 Å². The molecule has 0 aliphatic carbocycles. The molecule has 0 aliphatic rings. The van der Waals surface area contributed by atoms with E-state index in [0.717, 1.165) is 13.0 Å². The molecule has 116 valence electrons. The third-order valence-electron chi connectivity index (χ3n) is 3.44. The number of hydrogen-bond acceptors (Lipinski definition) is 2. The van der Waals surface area contributed by atoms with Gasteiger partial charge in [0.25, 0.3) is 0 Å². The summed E-state index contributed by atoms with van der Waals surface area (Å²) in [4.78, 5) is 0. The first kappa shape index (κ1) is 17.2. The van der Waals surface area contributed by atoms with E-state index in [1.807, 2.05) is 0 Å². The Bertz CT molecular complexity index is 405. The number of hydrogen-bond donors (Lipinski definition) is 0. The van der Waals surface area contributed by atoms with Crippen molar-refractivity contribution >= 4 is 0 Å². The maximum Gasteiger partial charge on any atom is 0.0869 e. The second kappa shape index (κ2) is 6.73. The van der Waals surface area contributed by atoms with E-state index in [0.29, 0.717) is 0 Å². The molecule has 0 atom stereocenters. The smallest absolute Gasteiger partial charge is 0.0869 e. The molecule has 3 nitrogen and oxygen atoms in total. The highest BCUT2D eigenvalue weighted by Crippen LogP contribution is 2.29. The monoisotopic (exact) mass is 279 g/mol. The Hall–Kier alpha value is -0.860. The van der Waals surface area contributed by atoms with Crippen LogP contribution in [0.2, 0.25) is 0 Å². The van der Waals surface area contributed by atoms with Crippen LogP contribution in [-0.4, -0.2) is 15.0 Å². The number of aryl methyl sites for hydroxylation is 1. The summed E-state index contributed by atoms with van der Waals surface area (Å²) in [5.41, 5.74) is 2.86. The molecule has 0 N–H and O–H groups in total. The van der Waals surface area contributed by atoms with Crippen molar-refractivity contribution in [3.05, 3.63) is 11.4 Å². The highest BCUT2D eigenvalue weighted by Gasteiger charge is 2.27. The van der Waals surface area contributed by atoms with Gasteiger partial charge in [-0.1, -0.05) is 72.9 Å². The van der Waals surface area contributed by atoms with Crippen LogP contribution in [0.25, 0.3) is 0 Å². The van der Waals surface area contributed by atoms with Crippen molar-refractivity contribution in [3.63, 3.8) is 0 Å². The normalized spacial score (nSPS) is 12.9. The summed E-state index contributed by atoms with van der Waals surface area (Å²) in [6.07, 6.45) is 6.07. The largest absolute Gasteiger partial charge is 0.249 e. The van der Waals surface area contributed by atoms with Gasteiger partial charge in [0, 0.05) is 12.0 Å². The fourth-order valence-electron chi connectivity index (χ4n) is 2.64. The molecule has 0 bridgehead atoms. The minimum atomic E-state index is 0.106. The van der Waals surface area contributed by atoms with E-state index in [9.17, 15) is 0 Å². The average Bonchev–Trinajstić information content (AvgIpc) is 2.64. The van der Waals surface area contributed by atoms with Crippen LogP contribution < -0.4 is 0 Å². The third-order valence-corrected chi connectivity index (χ3v) is 3.44. The summed E-state index contributed by atoms with van der Waals surface area (Å²) in [6.45, 7) is 16.8. The van der Waals surface area contributed by atoms with Gasteiger partial charge in [0.2, 0.25) is 0 Å². The first-order chi connectivity index (χ1) is 9.15. The third kappa shape index (κ3) is 5.26. The van der Waals surface area contributed by atoms with Crippen molar-refractivity contribution in [1.29, 1.82) is 0 Å². The topological polar surface area (TPSA) is 30.7 Å². The molecule has 1 aromatic rings. The van der Waals surface area contributed by atoms with Gasteiger partial charge in [-0.15, -0.1) is 5.10 Å². The molecule has 0 fully saturated rings. The molecule has 0 aromatic carbocycles. The lowest BCUT2D eigenvalue weighted by Gasteiger charge is -2.24. The van der Waals surface area contributed by atoms with Crippen LogP contribution in [0.1, 0.15) is 85.5 Å². The van der Waals surface area contributed by atoms with Crippen molar-refractivity contribution < 1.29 is 0 Å². The molecule has 3 heteroatoms. The van der Waals surface area contributed by atoms with Crippen molar-refractivity contribution in [2.45, 2.75) is 92.5 Å². The molecular weight excluding hydrogens is 246 g/mol. The van der Waals surface area contributed by atoms with E-state index in [2.05, 4.69) is 63.5 Å². The fourth-order valence-corrected chi connectivity index (χ4v) is 2.64. The molecule has 0 saturated heterocycles. The van der Waals surface area contributed by atoms with Crippen molar-refractivity contribution in [3.8, 4) is 0 Å². The summed E-state index contributed by atoms with van der Waals surface area (Å²) in [7, 11) is 0. The number of rotatable bonds is 6. The molecule has 0 amide bonds. The van der Waals surface area contributed by atoms with Crippen LogP contribution in [0.5, 0.6) is 0 Å². The number of aromatic nitrogens is 3. The van der Waals surface area contributed by atoms with Crippen LogP contribution in [0.15, 0.2) is 0 Å². The van der Waals surface area contributed by atoms with E-state index in [4.69, 9.17) is 0 Å². The van der Waals surface area contributed by atoms with Crippen LogP contribution >= 0.6 is 0 Å². The van der Waals surface area contributed by atoms with Crippen molar-refractivity contribution in [2.24, 2.45) is 5.41 Å². The van der Waals surface area contributed by atoms with E-state index in [1.165, 1.54) is 37.1 Å². The first-order valence-corrected chi connectivity index (χ1v) is 8.08. The van der Waals surface area contributed by atoms with Crippen molar-refractivity contribution in [1.82, 2.24) is 15.0 Å². The van der Waals surface area contributed by atoms with Crippen LogP contribution in [0.3, 0.4) is 0 Å². The average molecular weight is 279 g/mol. The van der Waals surface area contributed by atoms with Gasteiger partial charge in [-0.2, -0.15) is 0 Å². The van der Waals surface area contributed by atoms with E-state index in [1.54, 1.807) is 0 Å². The molecule has 0 aliphatic heterocycles. The molecule has 1 rings (SSSR count). The van der Waals surface area contributed by atoms with Gasteiger partial charge in [-0.05, 0) is 18.3 Å². The lowest BCUT2D eigenvalue weighted by molar-refractivity contribution is 0.398. The Balaban J connectivity index is 2.90. The Morgan fingerprint density at radius 1 is 0.950 bits per heavy atom. The summed E-state index contributed by atoms with van der Waals surface area (Å²) < 4.78 is 2.15. The lowest BCUT2D eigenvalue weighted by Crippen LogP contribution is -2.22. The van der Waals surface area contributed by atoms with Gasteiger partial charge >= 0.3 is 0 Å². The fraction of sp³-hybridized carbons (Fsp3) is 0.882. The van der Waals surface area contributed by atoms with Crippen LogP contribution in [0, 0.1) is 5.41 Å². The molecular formula is C17H33N3. The van der Waals surface area contributed by atoms with E-state index in [-0.39, 0.29) is 10.8 Å². The van der Waals surface area contributed by atoms with Crippen LogP contribution in [-0.2, 0) is 18.4 Å². The zero-order valence-electron chi connectivity index (χ0n) is 14.6. The van der Waals surface area contributed by atoms with Gasteiger partial charge in [0.15, 0.2) is 0 Å². The Labute approximate surface area is 125 Å². The van der Waals surface area contributed by atoms with Crippen molar-refractivity contribution in [2.75, 3.05) is 0 Å². The maximum absolute atomic E-state index is 4.48. The standard InChI is InChI=1S/C17H33N3/c1-8-9-10-11-12-20-15(17(5,6)7)14(18-19-20)13-16(2,3)4/h8-13H2,1-7H3. The molecule has 0 spiro atoms. The van der Waals surface area contributed by atoms with E-state index >= 15 is 0 Å². The SMILES string of the molecule is CCCCCCn1nnc(CC(C)(C)C)c1C(C)(C)C. The number of unbranched alkanes of at least 4 members (excludes halogenated alkanes) is 3. The minimum Gasteiger partial charge on any atom is -0.249 e. The Morgan fingerprint density at radius 3 is 2.10 bits per heavy atom. The molecule has 0 saturated carbocycles. The highest BCUT2D eigenvalue weighted by molar-refractivity contribution is 5.20. The van der Waals surface area contributed by atoms with Crippen LogP contribution in [0.4, 0.5) is 0 Å². The van der Waals surface area contributed by atoms with Gasteiger partial charge in [0.1, 0.15) is 0 Å². The molecule has 1 heterocycles.